The molecule has 5 nitrogen and oxygen atoms in total. The molecule has 96 valence electrons. The van der Waals surface area contributed by atoms with Gasteiger partial charge in [0.2, 0.25) is 0 Å². The van der Waals surface area contributed by atoms with Gasteiger partial charge in [0.15, 0.2) is 0 Å². The monoisotopic (exact) mass is 239 g/mol. The molecule has 0 fully saturated rings. The van der Waals surface area contributed by atoms with Crippen molar-refractivity contribution in [2.75, 3.05) is 7.11 Å². The molecule has 1 heterocycles. The van der Waals surface area contributed by atoms with Gasteiger partial charge < -0.3 is 14.6 Å². The summed E-state index contributed by atoms with van der Waals surface area (Å²) in [5.41, 5.74) is 0.0191. The van der Waals surface area contributed by atoms with Crippen molar-refractivity contribution >= 4 is 5.97 Å². The molecule has 0 aliphatic rings. The van der Waals surface area contributed by atoms with E-state index in [1.165, 1.54) is 7.11 Å². The normalized spacial score (nSPS) is 13.5. The second-order valence-electron chi connectivity index (χ2n) is 5.05. The van der Waals surface area contributed by atoms with Crippen molar-refractivity contribution in [3.05, 3.63) is 18.2 Å². The predicted molar refractivity (Wildman–Crippen MR) is 65.5 cm³/mol. The summed E-state index contributed by atoms with van der Waals surface area (Å²) in [6, 6.07) is -0.348. The summed E-state index contributed by atoms with van der Waals surface area (Å²) < 4.78 is 6.55. The lowest BCUT2D eigenvalue weighted by molar-refractivity contribution is -0.144. The average molecular weight is 239 g/mol. The smallest absolute Gasteiger partial charge is 0.328 e. The van der Waals surface area contributed by atoms with E-state index in [0.29, 0.717) is 6.54 Å². The van der Waals surface area contributed by atoms with E-state index in [0.717, 1.165) is 5.82 Å². The van der Waals surface area contributed by atoms with Crippen LogP contribution >= 0.6 is 0 Å². The summed E-state index contributed by atoms with van der Waals surface area (Å²) >= 11 is 0. The molecule has 0 aromatic carbocycles. The lowest BCUT2D eigenvalue weighted by Crippen LogP contribution is -2.36. The van der Waals surface area contributed by atoms with Crippen LogP contribution in [0, 0.1) is 0 Å². The Morgan fingerprint density at radius 2 is 2.24 bits per heavy atom. The maximum atomic E-state index is 11.5. The van der Waals surface area contributed by atoms with Crippen LogP contribution in [0.15, 0.2) is 12.4 Å². The number of carbonyl (C=O) groups excluding carboxylic acids is 1. The van der Waals surface area contributed by atoms with Gasteiger partial charge in [-0.1, -0.05) is 0 Å². The van der Waals surface area contributed by atoms with E-state index in [-0.39, 0.29) is 17.6 Å². The molecule has 0 radical (unpaired) electrons. The van der Waals surface area contributed by atoms with Gasteiger partial charge in [0.1, 0.15) is 11.9 Å². The van der Waals surface area contributed by atoms with E-state index in [9.17, 15) is 4.79 Å². The first kappa shape index (κ1) is 13.7. The number of rotatable bonds is 4. The fourth-order valence-corrected chi connectivity index (χ4v) is 1.46. The van der Waals surface area contributed by atoms with Crippen LogP contribution in [0.2, 0.25) is 0 Å². The van der Waals surface area contributed by atoms with Gasteiger partial charge in [-0.2, -0.15) is 0 Å². The summed E-state index contributed by atoms with van der Waals surface area (Å²) in [6.07, 6.45) is 3.49. The summed E-state index contributed by atoms with van der Waals surface area (Å²) in [5, 5.41) is 3.34. The highest BCUT2D eigenvalue weighted by atomic mass is 16.5. The number of ether oxygens (including phenoxy) is 1. The zero-order valence-corrected chi connectivity index (χ0v) is 11.2. The SMILES string of the molecule is COC(=O)C(C)n1ccnc1CNC(C)(C)C. The van der Waals surface area contributed by atoms with Gasteiger partial charge >= 0.3 is 5.97 Å². The minimum atomic E-state index is -0.348. The van der Waals surface area contributed by atoms with Crippen LogP contribution in [0.3, 0.4) is 0 Å². The number of methoxy groups -OCH3 is 1. The molecule has 1 aromatic rings. The molecule has 1 rings (SSSR count). The average Bonchev–Trinajstić information content (AvgIpc) is 2.71. The van der Waals surface area contributed by atoms with Gasteiger partial charge in [-0.25, -0.2) is 9.78 Å². The lowest BCUT2D eigenvalue weighted by Gasteiger charge is -2.21. The Labute approximate surface area is 102 Å². The Balaban J connectivity index is 2.75. The Hall–Kier alpha value is -1.36. The molecular formula is C12H21N3O2. The van der Waals surface area contributed by atoms with Crippen molar-refractivity contribution in [2.24, 2.45) is 0 Å². The molecule has 1 atom stereocenters. The molecule has 0 aliphatic heterocycles. The maximum Gasteiger partial charge on any atom is 0.328 e. The van der Waals surface area contributed by atoms with Crippen molar-refractivity contribution in [1.29, 1.82) is 0 Å². The second-order valence-corrected chi connectivity index (χ2v) is 5.05. The molecule has 1 unspecified atom stereocenters. The number of hydrogen-bond acceptors (Lipinski definition) is 4. The minimum Gasteiger partial charge on any atom is -0.467 e. The van der Waals surface area contributed by atoms with Crippen molar-refractivity contribution in [1.82, 2.24) is 14.9 Å². The van der Waals surface area contributed by atoms with Crippen molar-refractivity contribution < 1.29 is 9.53 Å². The van der Waals surface area contributed by atoms with Crippen LogP contribution in [0.25, 0.3) is 0 Å². The number of aromatic nitrogens is 2. The largest absolute Gasteiger partial charge is 0.467 e. The van der Waals surface area contributed by atoms with Gasteiger partial charge in [0.25, 0.3) is 0 Å². The molecule has 0 spiro atoms. The van der Waals surface area contributed by atoms with Crippen LogP contribution in [-0.4, -0.2) is 28.2 Å². The highest BCUT2D eigenvalue weighted by Gasteiger charge is 2.19. The van der Waals surface area contributed by atoms with E-state index in [1.54, 1.807) is 19.3 Å². The molecule has 1 aromatic heterocycles. The van der Waals surface area contributed by atoms with E-state index in [2.05, 4.69) is 31.1 Å². The van der Waals surface area contributed by atoms with E-state index in [4.69, 9.17) is 4.74 Å². The van der Waals surface area contributed by atoms with E-state index >= 15 is 0 Å². The highest BCUT2D eigenvalue weighted by Crippen LogP contribution is 2.11. The predicted octanol–water partition coefficient (Wildman–Crippen LogP) is 1.51. The molecule has 0 aliphatic carbocycles. The lowest BCUT2D eigenvalue weighted by atomic mass is 10.1. The van der Waals surface area contributed by atoms with E-state index < -0.39 is 0 Å². The summed E-state index contributed by atoms with van der Waals surface area (Å²) in [6.45, 7) is 8.68. The molecule has 0 saturated carbocycles. The Bertz CT molecular complexity index is 379. The molecule has 1 N–H and O–H groups in total. The first-order valence-corrected chi connectivity index (χ1v) is 5.69. The van der Waals surface area contributed by atoms with Crippen LogP contribution in [0.5, 0.6) is 0 Å². The van der Waals surface area contributed by atoms with Gasteiger partial charge in [0.05, 0.1) is 13.7 Å². The Morgan fingerprint density at radius 1 is 1.59 bits per heavy atom. The summed E-state index contributed by atoms with van der Waals surface area (Å²) in [7, 11) is 1.39. The Morgan fingerprint density at radius 3 is 2.76 bits per heavy atom. The van der Waals surface area contributed by atoms with Gasteiger partial charge in [-0.05, 0) is 27.7 Å². The molecule has 0 saturated heterocycles. The molecule has 0 bridgehead atoms. The first-order valence-electron chi connectivity index (χ1n) is 5.69. The maximum absolute atomic E-state index is 11.5. The van der Waals surface area contributed by atoms with Gasteiger partial charge in [0, 0.05) is 17.9 Å². The molecule has 17 heavy (non-hydrogen) atoms. The molecule has 0 amide bonds. The van der Waals surface area contributed by atoms with Crippen molar-refractivity contribution in [3.63, 3.8) is 0 Å². The number of imidazole rings is 1. The zero-order chi connectivity index (χ0) is 13.1. The number of hydrogen-bond donors (Lipinski definition) is 1. The third-order valence-corrected chi connectivity index (χ3v) is 2.49. The quantitative estimate of drug-likeness (QED) is 0.809. The van der Waals surface area contributed by atoms with Crippen LogP contribution in [0.1, 0.15) is 39.6 Å². The van der Waals surface area contributed by atoms with Crippen molar-refractivity contribution in [2.45, 2.75) is 45.8 Å². The fourth-order valence-electron chi connectivity index (χ4n) is 1.46. The number of carbonyl (C=O) groups is 1. The third kappa shape index (κ3) is 3.85. The van der Waals surface area contributed by atoms with Gasteiger partial charge in [-0.15, -0.1) is 0 Å². The fraction of sp³-hybridized carbons (Fsp3) is 0.667. The number of nitrogens with zero attached hydrogens (tertiary/aromatic N) is 2. The standard InChI is InChI=1S/C12H21N3O2/c1-9(11(16)17-5)15-7-6-13-10(15)8-14-12(2,3)4/h6-7,9,14H,8H2,1-5H3. The topological polar surface area (TPSA) is 56.2 Å². The first-order chi connectivity index (χ1) is 7.85. The summed E-state index contributed by atoms with van der Waals surface area (Å²) in [5.74, 6) is 0.567. The number of nitrogens with one attached hydrogen (secondary N) is 1. The minimum absolute atomic E-state index is 0.0191. The second kappa shape index (κ2) is 5.31. The molecule has 5 heteroatoms. The summed E-state index contributed by atoms with van der Waals surface area (Å²) in [4.78, 5) is 15.7. The molecular weight excluding hydrogens is 218 g/mol. The van der Waals surface area contributed by atoms with Crippen LogP contribution in [0.4, 0.5) is 0 Å². The Kier molecular flexibility index (Phi) is 4.28. The van der Waals surface area contributed by atoms with Crippen LogP contribution in [-0.2, 0) is 16.1 Å². The highest BCUT2D eigenvalue weighted by molar-refractivity contribution is 5.73. The van der Waals surface area contributed by atoms with Crippen molar-refractivity contribution in [3.8, 4) is 0 Å². The zero-order valence-electron chi connectivity index (χ0n) is 11.2. The van der Waals surface area contributed by atoms with E-state index in [1.807, 2.05) is 4.57 Å². The third-order valence-electron chi connectivity index (χ3n) is 2.49. The van der Waals surface area contributed by atoms with Crippen LogP contribution < -0.4 is 5.32 Å². The number of esters is 1. The van der Waals surface area contributed by atoms with Gasteiger partial charge in [-0.3, -0.25) is 0 Å².